The summed E-state index contributed by atoms with van der Waals surface area (Å²) in [5.41, 5.74) is 4.46. The number of nitrogens with one attached hydrogen (secondary N) is 1. The SMILES string of the molecule is O=C(NCCc1ccccc1)c1cc(C(=O)N2CCC[C@H]2CN2CCCC2)c2cc(-c3ccc4c(c3)OCO4)ccc2n1. The van der Waals surface area contributed by atoms with Crippen molar-refractivity contribution in [2.24, 2.45) is 0 Å². The number of aromatic nitrogens is 1. The van der Waals surface area contributed by atoms with Gasteiger partial charge in [-0.2, -0.15) is 0 Å². The van der Waals surface area contributed by atoms with E-state index in [0.717, 1.165) is 73.3 Å². The van der Waals surface area contributed by atoms with E-state index in [2.05, 4.69) is 10.2 Å². The van der Waals surface area contributed by atoms with Gasteiger partial charge in [0.2, 0.25) is 6.79 Å². The maximum absolute atomic E-state index is 14.3. The summed E-state index contributed by atoms with van der Waals surface area (Å²) < 4.78 is 11.1. The highest BCUT2D eigenvalue weighted by molar-refractivity contribution is 6.09. The zero-order valence-corrected chi connectivity index (χ0v) is 24.3. The number of ether oxygens (including phenoxy) is 2. The van der Waals surface area contributed by atoms with Crippen LogP contribution >= 0.6 is 0 Å². The molecule has 0 bridgehead atoms. The minimum atomic E-state index is -0.276. The predicted molar refractivity (Wildman–Crippen MR) is 166 cm³/mol. The molecule has 7 rings (SSSR count). The van der Waals surface area contributed by atoms with Crippen molar-refractivity contribution in [3.05, 3.63) is 89.6 Å². The van der Waals surface area contributed by atoms with E-state index in [0.29, 0.717) is 23.4 Å². The molecular weight excluding hydrogens is 540 g/mol. The molecule has 220 valence electrons. The Bertz CT molecular complexity index is 1650. The van der Waals surface area contributed by atoms with Gasteiger partial charge in [-0.1, -0.05) is 42.5 Å². The van der Waals surface area contributed by atoms with Crippen molar-refractivity contribution in [1.82, 2.24) is 20.1 Å². The Hall–Kier alpha value is -4.43. The van der Waals surface area contributed by atoms with E-state index < -0.39 is 0 Å². The first kappa shape index (κ1) is 27.4. The summed E-state index contributed by atoms with van der Waals surface area (Å²) in [6, 6.07) is 23.7. The topological polar surface area (TPSA) is 84.0 Å². The number of nitrogens with zero attached hydrogens (tertiary/aromatic N) is 3. The Labute approximate surface area is 251 Å². The Morgan fingerprint density at radius 3 is 2.51 bits per heavy atom. The van der Waals surface area contributed by atoms with Gasteiger partial charge in [0.05, 0.1) is 11.1 Å². The zero-order chi connectivity index (χ0) is 29.2. The number of benzene rings is 3. The van der Waals surface area contributed by atoms with Crippen LogP contribution in [0.4, 0.5) is 0 Å². The molecule has 0 radical (unpaired) electrons. The molecule has 2 saturated heterocycles. The lowest BCUT2D eigenvalue weighted by atomic mass is 9.99. The number of hydrogen-bond donors (Lipinski definition) is 1. The normalized spacial score (nSPS) is 18.0. The van der Waals surface area contributed by atoms with Crippen LogP contribution in [0.5, 0.6) is 11.5 Å². The van der Waals surface area contributed by atoms with Crippen LogP contribution in [0.1, 0.15) is 52.1 Å². The molecule has 2 fully saturated rings. The average Bonchev–Trinajstić information content (AvgIpc) is 3.83. The molecule has 0 saturated carbocycles. The molecule has 3 aromatic carbocycles. The van der Waals surface area contributed by atoms with E-state index >= 15 is 0 Å². The van der Waals surface area contributed by atoms with Crippen LogP contribution in [0.25, 0.3) is 22.0 Å². The van der Waals surface area contributed by atoms with Crippen molar-refractivity contribution in [3.63, 3.8) is 0 Å². The number of amides is 2. The number of pyridine rings is 1. The molecule has 1 N–H and O–H groups in total. The molecular formula is C35H36N4O4. The molecule has 43 heavy (non-hydrogen) atoms. The third kappa shape index (κ3) is 5.79. The first-order valence-electron chi connectivity index (χ1n) is 15.3. The van der Waals surface area contributed by atoms with Gasteiger partial charge in [0.25, 0.3) is 11.8 Å². The van der Waals surface area contributed by atoms with Gasteiger partial charge in [-0.3, -0.25) is 9.59 Å². The van der Waals surface area contributed by atoms with Crippen LogP contribution in [0.2, 0.25) is 0 Å². The second-order valence-electron chi connectivity index (χ2n) is 11.6. The Morgan fingerprint density at radius 1 is 0.860 bits per heavy atom. The summed E-state index contributed by atoms with van der Waals surface area (Å²) in [6.45, 7) is 4.53. The van der Waals surface area contributed by atoms with Gasteiger partial charge < -0.3 is 24.6 Å². The Kier molecular flexibility index (Phi) is 7.68. The maximum Gasteiger partial charge on any atom is 0.269 e. The third-order valence-corrected chi connectivity index (χ3v) is 8.83. The van der Waals surface area contributed by atoms with Gasteiger partial charge in [0.15, 0.2) is 11.5 Å². The van der Waals surface area contributed by atoms with E-state index in [1.54, 1.807) is 6.07 Å². The monoisotopic (exact) mass is 576 g/mol. The van der Waals surface area contributed by atoms with E-state index in [1.807, 2.05) is 71.6 Å². The molecule has 1 atom stereocenters. The van der Waals surface area contributed by atoms with Gasteiger partial charge in [-0.05, 0) is 92.2 Å². The van der Waals surface area contributed by atoms with Gasteiger partial charge in [-0.25, -0.2) is 4.98 Å². The lowest BCUT2D eigenvalue weighted by Gasteiger charge is -2.29. The number of carbonyl (C=O) groups excluding carboxylic acids is 2. The summed E-state index contributed by atoms with van der Waals surface area (Å²) in [5, 5.41) is 3.75. The lowest BCUT2D eigenvalue weighted by molar-refractivity contribution is 0.0710. The Balaban J connectivity index is 1.21. The highest BCUT2D eigenvalue weighted by Crippen LogP contribution is 2.37. The van der Waals surface area contributed by atoms with Crippen molar-refractivity contribution in [3.8, 4) is 22.6 Å². The smallest absolute Gasteiger partial charge is 0.269 e. The quantitative estimate of drug-likeness (QED) is 0.306. The number of hydrogen-bond acceptors (Lipinski definition) is 6. The van der Waals surface area contributed by atoms with Crippen molar-refractivity contribution in [2.75, 3.05) is 39.5 Å². The minimum Gasteiger partial charge on any atom is -0.454 e. The fourth-order valence-electron chi connectivity index (χ4n) is 6.54. The summed E-state index contributed by atoms with van der Waals surface area (Å²) >= 11 is 0. The van der Waals surface area contributed by atoms with Crippen LogP contribution < -0.4 is 14.8 Å². The van der Waals surface area contributed by atoms with E-state index in [4.69, 9.17) is 14.5 Å². The first-order valence-corrected chi connectivity index (χ1v) is 15.3. The molecule has 8 heteroatoms. The third-order valence-electron chi connectivity index (χ3n) is 8.83. The Morgan fingerprint density at radius 2 is 1.65 bits per heavy atom. The average molecular weight is 577 g/mol. The van der Waals surface area contributed by atoms with Gasteiger partial charge in [0.1, 0.15) is 5.69 Å². The van der Waals surface area contributed by atoms with Gasteiger partial charge in [0, 0.05) is 31.1 Å². The summed E-state index contributed by atoms with van der Waals surface area (Å²) in [7, 11) is 0. The second-order valence-corrected chi connectivity index (χ2v) is 11.6. The molecule has 1 aromatic heterocycles. The second kappa shape index (κ2) is 12.1. The summed E-state index contributed by atoms with van der Waals surface area (Å²) in [6.07, 6.45) is 5.15. The molecule has 4 aromatic rings. The van der Waals surface area contributed by atoms with Crippen LogP contribution in [0, 0.1) is 0 Å². The fraction of sp³-hybridized carbons (Fsp3) is 0.343. The maximum atomic E-state index is 14.3. The molecule has 3 aliphatic heterocycles. The van der Waals surface area contributed by atoms with Crippen molar-refractivity contribution >= 4 is 22.7 Å². The van der Waals surface area contributed by atoms with Crippen molar-refractivity contribution in [2.45, 2.75) is 38.1 Å². The number of rotatable bonds is 8. The summed E-state index contributed by atoms with van der Waals surface area (Å²) in [5.74, 6) is 1.12. The van der Waals surface area contributed by atoms with Crippen LogP contribution in [0.3, 0.4) is 0 Å². The lowest BCUT2D eigenvalue weighted by Crippen LogP contribution is -2.42. The highest BCUT2D eigenvalue weighted by Gasteiger charge is 2.33. The van der Waals surface area contributed by atoms with E-state index in [9.17, 15) is 9.59 Å². The molecule has 0 unspecified atom stereocenters. The predicted octanol–water partition coefficient (Wildman–Crippen LogP) is 5.30. The molecule has 8 nitrogen and oxygen atoms in total. The van der Waals surface area contributed by atoms with Gasteiger partial charge in [-0.15, -0.1) is 0 Å². The van der Waals surface area contributed by atoms with E-state index in [1.165, 1.54) is 12.8 Å². The van der Waals surface area contributed by atoms with Crippen LogP contribution in [-0.4, -0.2) is 72.2 Å². The van der Waals surface area contributed by atoms with Crippen LogP contribution in [0.15, 0.2) is 72.8 Å². The van der Waals surface area contributed by atoms with Crippen molar-refractivity contribution < 1.29 is 19.1 Å². The number of likely N-dealkylation sites (tertiary alicyclic amines) is 2. The minimum absolute atomic E-state index is 0.0322. The summed E-state index contributed by atoms with van der Waals surface area (Å²) in [4.78, 5) is 36.9. The molecule has 3 aliphatic rings. The van der Waals surface area contributed by atoms with Crippen molar-refractivity contribution in [1.29, 1.82) is 0 Å². The molecule has 2 amide bonds. The zero-order valence-electron chi connectivity index (χ0n) is 24.3. The molecule has 4 heterocycles. The van der Waals surface area contributed by atoms with Gasteiger partial charge >= 0.3 is 0 Å². The standard InChI is InChI=1S/C35H36N4O4/c40-34(36-15-14-24-7-2-1-3-8-24)31-21-29(35(41)39-18-6-9-27(39)22-38-16-4-5-17-38)28-19-25(10-12-30(28)37-31)26-11-13-32-33(20-26)43-23-42-32/h1-3,7-8,10-13,19-21,27H,4-6,9,14-18,22-23H2,(H,36,40)/t27-/m0/s1. The first-order chi connectivity index (χ1) is 21.1. The van der Waals surface area contributed by atoms with Crippen LogP contribution in [-0.2, 0) is 6.42 Å². The molecule has 0 spiro atoms. The number of fused-ring (bicyclic) bond motifs is 2. The highest BCUT2D eigenvalue weighted by atomic mass is 16.7. The largest absolute Gasteiger partial charge is 0.454 e. The number of carbonyl (C=O) groups is 2. The molecule has 0 aliphatic carbocycles. The fourth-order valence-corrected chi connectivity index (χ4v) is 6.54. The van der Waals surface area contributed by atoms with E-state index in [-0.39, 0.29) is 30.3 Å².